The summed E-state index contributed by atoms with van der Waals surface area (Å²) in [6.45, 7) is 16.0. The summed E-state index contributed by atoms with van der Waals surface area (Å²) in [4.78, 5) is 32.6. The van der Waals surface area contributed by atoms with Gasteiger partial charge in [0.25, 0.3) is 0 Å². The molecular formula is C32H40N2O5Si. The average molecular weight is 561 g/mol. The van der Waals surface area contributed by atoms with Crippen molar-refractivity contribution in [2.75, 3.05) is 6.54 Å². The minimum atomic E-state index is -1.62. The first-order chi connectivity index (χ1) is 18.7. The highest BCUT2D eigenvalue weighted by molar-refractivity contribution is 6.76. The number of ether oxygens (including phenoxy) is 2. The van der Waals surface area contributed by atoms with Crippen LogP contribution in [0.1, 0.15) is 39.2 Å². The van der Waals surface area contributed by atoms with Crippen molar-refractivity contribution in [1.82, 2.24) is 9.88 Å². The zero-order chi connectivity index (χ0) is 29.3. The zero-order valence-electron chi connectivity index (χ0n) is 24.4. The number of rotatable bonds is 8. The van der Waals surface area contributed by atoms with E-state index in [1.54, 1.807) is 26.8 Å². The minimum Gasteiger partial charge on any atom is -0.488 e. The number of aromatic nitrogens is 1. The van der Waals surface area contributed by atoms with E-state index < -0.39 is 37.4 Å². The van der Waals surface area contributed by atoms with Crippen molar-refractivity contribution in [2.24, 2.45) is 0 Å². The molecule has 3 aromatic rings. The van der Waals surface area contributed by atoms with Gasteiger partial charge in [0.05, 0.1) is 17.8 Å². The van der Waals surface area contributed by atoms with Crippen LogP contribution in [0.15, 0.2) is 61.2 Å². The Kier molecular flexibility index (Phi) is 8.13. The van der Waals surface area contributed by atoms with Crippen LogP contribution in [-0.4, -0.2) is 58.9 Å². The van der Waals surface area contributed by atoms with Gasteiger partial charge in [-0.25, -0.2) is 14.6 Å². The molecule has 40 heavy (non-hydrogen) atoms. The van der Waals surface area contributed by atoms with E-state index >= 15 is 0 Å². The van der Waals surface area contributed by atoms with Crippen LogP contribution in [0.5, 0.6) is 5.75 Å². The van der Waals surface area contributed by atoms with Crippen LogP contribution in [-0.2, 0) is 9.53 Å². The molecular weight excluding hydrogens is 520 g/mol. The van der Waals surface area contributed by atoms with Crippen molar-refractivity contribution in [2.45, 2.75) is 76.5 Å². The summed E-state index contributed by atoms with van der Waals surface area (Å²) >= 11 is 0. The van der Waals surface area contributed by atoms with E-state index in [1.807, 2.05) is 54.6 Å². The van der Waals surface area contributed by atoms with Gasteiger partial charge in [-0.1, -0.05) is 74.7 Å². The van der Waals surface area contributed by atoms with Gasteiger partial charge in [-0.2, -0.15) is 0 Å². The molecule has 1 saturated heterocycles. The highest BCUT2D eigenvalue weighted by atomic mass is 28.3. The van der Waals surface area contributed by atoms with E-state index in [2.05, 4.69) is 26.2 Å². The standard InChI is InChI=1S/C32H40N2O5Si/c1-8-22-14-15-26-25(18-22)28(19-27(33-26)23-12-10-9-11-13-23)38-24-20-32(29(35)36,16-17-40(5,6)7)34(21-24)30(37)39-31(2,3)4/h8-15,18-19,24H,1,16-17,20-21H2,2-7H3,(H,35,36)/t24-,32-/m1/s1. The van der Waals surface area contributed by atoms with Crippen molar-refractivity contribution < 1.29 is 24.2 Å². The van der Waals surface area contributed by atoms with Crippen LogP contribution < -0.4 is 4.74 Å². The molecule has 0 bridgehead atoms. The van der Waals surface area contributed by atoms with Gasteiger partial charge in [0, 0.05) is 31.5 Å². The fraction of sp³-hybridized carbons (Fsp3) is 0.406. The van der Waals surface area contributed by atoms with Crippen LogP contribution in [0.2, 0.25) is 25.7 Å². The molecule has 1 N–H and O–H groups in total. The SMILES string of the molecule is C=Cc1ccc2nc(-c3ccccc3)cc(O[C@H]3CN(C(=O)OC(C)(C)C)[C@@](CC[Si](C)(C)C)(C(=O)O)C3)c2c1. The molecule has 2 heterocycles. The Labute approximate surface area is 237 Å². The largest absolute Gasteiger partial charge is 0.488 e. The van der Waals surface area contributed by atoms with Crippen molar-refractivity contribution in [3.05, 3.63) is 66.7 Å². The smallest absolute Gasteiger partial charge is 0.411 e. The number of likely N-dealkylation sites (tertiary alicyclic amines) is 1. The van der Waals surface area contributed by atoms with E-state index in [-0.39, 0.29) is 13.0 Å². The van der Waals surface area contributed by atoms with Crippen molar-refractivity contribution in [1.29, 1.82) is 0 Å². The fourth-order valence-corrected chi connectivity index (χ4v) is 6.24. The Morgan fingerprint density at radius 3 is 2.45 bits per heavy atom. The van der Waals surface area contributed by atoms with Gasteiger partial charge in [0.2, 0.25) is 0 Å². The summed E-state index contributed by atoms with van der Waals surface area (Å²) in [5.74, 6) is -0.436. The predicted octanol–water partition coefficient (Wildman–Crippen LogP) is 7.48. The van der Waals surface area contributed by atoms with Crippen LogP contribution in [0, 0.1) is 0 Å². The minimum absolute atomic E-state index is 0.110. The monoisotopic (exact) mass is 560 g/mol. The van der Waals surface area contributed by atoms with Crippen LogP contribution >= 0.6 is 0 Å². The third-order valence-electron chi connectivity index (χ3n) is 7.16. The number of carboxylic acid groups (broad SMARTS) is 1. The number of pyridine rings is 1. The number of hydrogen-bond acceptors (Lipinski definition) is 5. The molecule has 4 rings (SSSR count). The number of carbonyl (C=O) groups excluding carboxylic acids is 1. The zero-order valence-corrected chi connectivity index (χ0v) is 25.4. The molecule has 1 aliphatic heterocycles. The van der Waals surface area contributed by atoms with Crippen molar-refractivity contribution in [3.8, 4) is 17.0 Å². The molecule has 0 saturated carbocycles. The molecule has 0 aliphatic carbocycles. The van der Waals surface area contributed by atoms with E-state index in [0.717, 1.165) is 33.8 Å². The molecule has 1 aromatic heterocycles. The Morgan fingerprint density at radius 1 is 1.15 bits per heavy atom. The first-order valence-electron chi connectivity index (χ1n) is 13.7. The summed E-state index contributed by atoms with van der Waals surface area (Å²) in [5, 5.41) is 11.4. The van der Waals surface area contributed by atoms with E-state index in [1.165, 1.54) is 4.90 Å². The van der Waals surface area contributed by atoms with E-state index in [0.29, 0.717) is 12.2 Å². The maximum absolute atomic E-state index is 13.4. The normalized spacial score (nSPS) is 19.4. The van der Waals surface area contributed by atoms with Crippen molar-refractivity contribution >= 4 is 37.1 Å². The third kappa shape index (κ3) is 6.55. The van der Waals surface area contributed by atoms with Gasteiger partial charge < -0.3 is 14.6 Å². The van der Waals surface area contributed by atoms with Crippen LogP contribution in [0.3, 0.4) is 0 Å². The first-order valence-corrected chi connectivity index (χ1v) is 17.4. The van der Waals surface area contributed by atoms with E-state index in [9.17, 15) is 14.7 Å². The lowest BCUT2D eigenvalue weighted by atomic mass is 9.92. The Morgan fingerprint density at radius 2 is 1.85 bits per heavy atom. The van der Waals surface area contributed by atoms with Gasteiger partial charge in [-0.3, -0.25) is 4.90 Å². The molecule has 1 aliphatic rings. The Balaban J connectivity index is 1.77. The first kappa shape index (κ1) is 29.3. The molecule has 1 amide bonds. The quantitative estimate of drug-likeness (QED) is 0.287. The molecule has 0 radical (unpaired) electrons. The van der Waals surface area contributed by atoms with Gasteiger partial charge in [0.1, 0.15) is 23.0 Å². The molecule has 1 fully saturated rings. The number of hydrogen-bond donors (Lipinski definition) is 1. The number of carbonyl (C=O) groups is 2. The Hall–Kier alpha value is -3.65. The summed E-state index contributed by atoms with van der Waals surface area (Å²) in [5.41, 5.74) is 1.20. The Bertz CT molecular complexity index is 1410. The second-order valence-electron chi connectivity index (χ2n) is 12.8. The highest BCUT2D eigenvalue weighted by Gasteiger charge is 2.55. The molecule has 212 valence electrons. The summed E-state index contributed by atoms with van der Waals surface area (Å²) in [6.07, 6.45) is 1.10. The van der Waals surface area contributed by atoms with Crippen LogP contribution in [0.25, 0.3) is 28.2 Å². The van der Waals surface area contributed by atoms with Gasteiger partial charge >= 0.3 is 12.1 Å². The molecule has 8 heteroatoms. The molecule has 0 spiro atoms. The number of carboxylic acids is 1. The summed E-state index contributed by atoms with van der Waals surface area (Å²) in [6, 6.07) is 18.3. The lowest BCUT2D eigenvalue weighted by Gasteiger charge is -2.36. The van der Waals surface area contributed by atoms with Crippen molar-refractivity contribution in [3.63, 3.8) is 0 Å². The summed E-state index contributed by atoms with van der Waals surface area (Å²) in [7, 11) is -1.62. The van der Waals surface area contributed by atoms with Gasteiger partial charge in [-0.05, 0) is 44.9 Å². The molecule has 2 aromatic carbocycles. The number of nitrogens with zero attached hydrogens (tertiary/aromatic N) is 2. The lowest BCUT2D eigenvalue weighted by Crippen LogP contribution is -2.54. The van der Waals surface area contributed by atoms with Gasteiger partial charge in [0.15, 0.2) is 0 Å². The maximum atomic E-state index is 13.4. The number of aliphatic carboxylic acids is 1. The van der Waals surface area contributed by atoms with Gasteiger partial charge in [-0.15, -0.1) is 0 Å². The predicted molar refractivity (Wildman–Crippen MR) is 162 cm³/mol. The highest BCUT2D eigenvalue weighted by Crippen LogP contribution is 2.40. The number of fused-ring (bicyclic) bond motifs is 1. The molecule has 7 nitrogen and oxygen atoms in total. The molecule has 0 unspecified atom stereocenters. The second-order valence-corrected chi connectivity index (χ2v) is 18.4. The van der Waals surface area contributed by atoms with E-state index in [4.69, 9.17) is 14.5 Å². The topological polar surface area (TPSA) is 89.0 Å². The van der Waals surface area contributed by atoms with Crippen LogP contribution in [0.4, 0.5) is 4.79 Å². The third-order valence-corrected chi connectivity index (χ3v) is 8.91. The average Bonchev–Trinajstić information content (AvgIpc) is 3.26. The number of benzene rings is 2. The maximum Gasteiger partial charge on any atom is 0.411 e. The summed E-state index contributed by atoms with van der Waals surface area (Å²) < 4.78 is 12.3. The fourth-order valence-electron chi connectivity index (χ4n) is 5.08. The lowest BCUT2D eigenvalue weighted by molar-refractivity contribution is -0.149. The molecule has 2 atom stereocenters. The number of amides is 1. The second kappa shape index (κ2) is 11.1.